The molecule has 3 aromatic rings. The van der Waals surface area contributed by atoms with Gasteiger partial charge in [-0.2, -0.15) is 13.2 Å². The van der Waals surface area contributed by atoms with Crippen LogP contribution in [-0.4, -0.2) is 23.4 Å². The van der Waals surface area contributed by atoms with E-state index in [4.69, 9.17) is 11.5 Å². The number of hydrogen-bond donors (Lipinski definition) is 2. The normalized spacial score (nSPS) is 10.9. The Hall–Kier alpha value is -3.25. The molecule has 0 spiro atoms. The van der Waals surface area contributed by atoms with Crippen molar-refractivity contribution >= 4 is 46.4 Å². The molecule has 0 aliphatic heterocycles. The maximum Gasteiger partial charge on any atom is 0.416 e. The molecule has 1 heterocycles. The van der Waals surface area contributed by atoms with Gasteiger partial charge in [-0.25, -0.2) is 13.8 Å². The molecule has 2 aromatic carbocycles. The summed E-state index contributed by atoms with van der Waals surface area (Å²) in [5.41, 5.74) is 9.88. The molecule has 6 nitrogen and oxygen atoms in total. The highest BCUT2D eigenvalue weighted by atomic mass is 35.5. The highest BCUT2D eigenvalue weighted by molar-refractivity contribution is 7.14. The first-order valence-corrected chi connectivity index (χ1v) is 9.91. The number of aliphatic imine (C=N–C) groups is 1. The molecule has 1 amide bonds. The minimum atomic E-state index is -4.55. The zero-order valence-electron chi connectivity index (χ0n) is 16.6. The molecule has 0 aliphatic carbocycles. The molecule has 13 heteroatoms. The number of rotatable bonds is 6. The molecule has 0 fully saturated rings. The number of guanidine groups is 1. The van der Waals surface area contributed by atoms with E-state index in [1.54, 1.807) is 0 Å². The summed E-state index contributed by atoms with van der Waals surface area (Å²) in [5, 5.41) is 1.53. The predicted octanol–water partition coefficient (Wildman–Crippen LogP) is 4.86. The summed E-state index contributed by atoms with van der Waals surface area (Å²) in [6, 6.07) is 6.88. The van der Waals surface area contributed by atoms with Crippen molar-refractivity contribution in [3.05, 3.63) is 65.0 Å². The molecule has 0 atom stereocenters. The number of carbonyl (C=O) groups is 1. The van der Waals surface area contributed by atoms with Crippen LogP contribution in [0.4, 0.5) is 32.8 Å². The van der Waals surface area contributed by atoms with Crippen LogP contribution in [0, 0.1) is 11.6 Å². The van der Waals surface area contributed by atoms with Crippen molar-refractivity contribution in [3.8, 4) is 11.3 Å². The lowest BCUT2D eigenvalue weighted by Crippen LogP contribution is -2.28. The van der Waals surface area contributed by atoms with Gasteiger partial charge in [-0.15, -0.1) is 23.7 Å². The summed E-state index contributed by atoms with van der Waals surface area (Å²) in [7, 11) is 0. The average Bonchev–Trinajstić information content (AvgIpc) is 3.17. The molecule has 0 bridgehead atoms. The van der Waals surface area contributed by atoms with Gasteiger partial charge in [0.15, 0.2) is 11.1 Å². The number of anilines is 2. The van der Waals surface area contributed by atoms with E-state index in [1.807, 2.05) is 0 Å². The van der Waals surface area contributed by atoms with Gasteiger partial charge in [-0.05, 0) is 36.4 Å². The second-order valence-corrected chi connectivity index (χ2v) is 7.31. The lowest BCUT2D eigenvalue weighted by molar-refractivity contribution is -0.137. The van der Waals surface area contributed by atoms with E-state index < -0.39 is 29.3 Å². The van der Waals surface area contributed by atoms with E-state index in [1.165, 1.54) is 11.4 Å². The standard InChI is InChI=1S/C20H16F5N5OS.ClH/c21-12-3-6-14(15(22)9-12)16-10-32-19(29-16)30(17(31)7-8-28-18(26)27)13-4-1-11(2-5-13)20(23,24)25;/h1-6,9-10H,7-8H2,(H4,26,27,28);1H. The van der Waals surface area contributed by atoms with E-state index >= 15 is 0 Å². The third-order valence-electron chi connectivity index (χ3n) is 4.21. The van der Waals surface area contributed by atoms with E-state index in [2.05, 4.69) is 9.98 Å². The van der Waals surface area contributed by atoms with Crippen LogP contribution >= 0.6 is 23.7 Å². The lowest BCUT2D eigenvalue weighted by atomic mass is 10.1. The van der Waals surface area contributed by atoms with Crippen molar-refractivity contribution in [1.29, 1.82) is 0 Å². The molecule has 0 saturated heterocycles. The number of halogens is 6. The summed E-state index contributed by atoms with van der Waals surface area (Å²) in [6.07, 6.45) is -4.71. The summed E-state index contributed by atoms with van der Waals surface area (Å²) < 4.78 is 66.1. The Morgan fingerprint density at radius 2 is 1.76 bits per heavy atom. The number of nitrogens with two attached hydrogens (primary N) is 2. The topological polar surface area (TPSA) is 97.6 Å². The van der Waals surface area contributed by atoms with Gasteiger partial charge in [0.1, 0.15) is 11.6 Å². The zero-order chi connectivity index (χ0) is 23.5. The predicted molar refractivity (Wildman–Crippen MR) is 119 cm³/mol. The summed E-state index contributed by atoms with van der Waals surface area (Å²) in [5.74, 6) is -2.37. The van der Waals surface area contributed by atoms with E-state index in [9.17, 15) is 26.7 Å². The van der Waals surface area contributed by atoms with Crippen LogP contribution in [0.2, 0.25) is 0 Å². The Balaban J connectivity index is 0.00000385. The molecule has 0 saturated carbocycles. The largest absolute Gasteiger partial charge is 0.416 e. The van der Waals surface area contributed by atoms with Crippen LogP contribution in [-0.2, 0) is 11.0 Å². The van der Waals surface area contributed by atoms with E-state index in [0.29, 0.717) is 6.07 Å². The molecule has 176 valence electrons. The smallest absolute Gasteiger partial charge is 0.370 e. The van der Waals surface area contributed by atoms with Crippen molar-refractivity contribution in [1.82, 2.24) is 4.98 Å². The summed E-state index contributed by atoms with van der Waals surface area (Å²) in [4.78, 5) is 21.9. The fraction of sp³-hybridized carbons (Fsp3) is 0.150. The Morgan fingerprint density at radius 1 is 1.09 bits per heavy atom. The minimum Gasteiger partial charge on any atom is -0.370 e. The van der Waals surface area contributed by atoms with Crippen LogP contribution in [0.5, 0.6) is 0 Å². The van der Waals surface area contributed by atoms with Crippen molar-refractivity contribution in [2.75, 3.05) is 11.4 Å². The van der Waals surface area contributed by atoms with Crippen LogP contribution in [0.1, 0.15) is 12.0 Å². The van der Waals surface area contributed by atoms with Gasteiger partial charge in [-0.3, -0.25) is 14.7 Å². The molecular weight excluding hydrogens is 489 g/mol. The Kier molecular flexibility index (Phi) is 8.34. The van der Waals surface area contributed by atoms with E-state index in [-0.39, 0.29) is 53.4 Å². The average molecular weight is 506 g/mol. The number of hydrogen-bond acceptors (Lipinski definition) is 4. The summed E-state index contributed by atoms with van der Waals surface area (Å²) >= 11 is 0.964. The molecule has 0 aliphatic rings. The number of nitrogens with zero attached hydrogens (tertiary/aromatic N) is 3. The Labute approximate surface area is 195 Å². The van der Waals surface area contributed by atoms with Crippen LogP contribution in [0.15, 0.2) is 52.8 Å². The monoisotopic (exact) mass is 505 g/mol. The third-order valence-corrected chi connectivity index (χ3v) is 5.04. The van der Waals surface area contributed by atoms with Gasteiger partial charge >= 0.3 is 6.18 Å². The molecule has 0 radical (unpaired) electrons. The van der Waals surface area contributed by atoms with Crippen molar-refractivity contribution in [2.24, 2.45) is 16.5 Å². The first-order chi connectivity index (χ1) is 15.1. The fourth-order valence-electron chi connectivity index (χ4n) is 2.74. The SMILES string of the molecule is Cl.NC(N)=NCCC(=O)N(c1ccc(C(F)(F)F)cc1)c1nc(-c2ccc(F)cc2F)cs1. The number of aromatic nitrogens is 1. The number of alkyl halides is 3. The van der Waals surface area contributed by atoms with Crippen LogP contribution < -0.4 is 16.4 Å². The second kappa shape index (κ2) is 10.6. The first kappa shape index (κ1) is 26.0. The maximum absolute atomic E-state index is 14.1. The van der Waals surface area contributed by atoms with Gasteiger partial charge < -0.3 is 11.5 Å². The quantitative estimate of drug-likeness (QED) is 0.284. The van der Waals surface area contributed by atoms with Crippen molar-refractivity contribution in [2.45, 2.75) is 12.6 Å². The van der Waals surface area contributed by atoms with Gasteiger partial charge in [0.25, 0.3) is 0 Å². The first-order valence-electron chi connectivity index (χ1n) is 9.03. The van der Waals surface area contributed by atoms with Crippen LogP contribution in [0.3, 0.4) is 0 Å². The molecule has 0 unspecified atom stereocenters. The van der Waals surface area contributed by atoms with Crippen molar-refractivity contribution in [3.63, 3.8) is 0 Å². The third kappa shape index (κ3) is 6.39. The van der Waals surface area contributed by atoms with Gasteiger partial charge in [-0.1, -0.05) is 0 Å². The second-order valence-electron chi connectivity index (χ2n) is 6.47. The number of benzene rings is 2. The molecule has 33 heavy (non-hydrogen) atoms. The highest BCUT2D eigenvalue weighted by Crippen LogP contribution is 2.36. The van der Waals surface area contributed by atoms with Gasteiger partial charge in [0.2, 0.25) is 5.91 Å². The maximum atomic E-state index is 14.1. The molecule has 1 aromatic heterocycles. The highest BCUT2D eigenvalue weighted by Gasteiger charge is 2.31. The van der Waals surface area contributed by atoms with E-state index in [0.717, 1.165) is 46.6 Å². The molecule has 4 N–H and O–H groups in total. The van der Waals surface area contributed by atoms with Gasteiger partial charge in [0, 0.05) is 23.4 Å². The molecule has 3 rings (SSSR count). The Bertz CT molecular complexity index is 1150. The van der Waals surface area contributed by atoms with Crippen LogP contribution in [0.25, 0.3) is 11.3 Å². The fourth-order valence-corrected chi connectivity index (χ4v) is 3.60. The Morgan fingerprint density at radius 3 is 2.33 bits per heavy atom. The van der Waals surface area contributed by atoms with Gasteiger partial charge in [0.05, 0.1) is 23.5 Å². The molecular formula is C20H17ClF5N5OS. The minimum absolute atomic E-state index is 0. The number of amides is 1. The zero-order valence-corrected chi connectivity index (χ0v) is 18.3. The lowest BCUT2D eigenvalue weighted by Gasteiger charge is -2.20. The number of carbonyl (C=O) groups excluding carboxylic acids is 1. The number of thiazole rings is 1. The van der Waals surface area contributed by atoms with Crippen molar-refractivity contribution < 1.29 is 26.7 Å². The summed E-state index contributed by atoms with van der Waals surface area (Å²) in [6.45, 7) is -0.0525.